The van der Waals surface area contributed by atoms with Crippen molar-refractivity contribution in [3.8, 4) is 0 Å². The van der Waals surface area contributed by atoms with E-state index in [1.807, 2.05) is 18.2 Å². The maximum Gasteiger partial charge on any atom is 0.273 e. The van der Waals surface area contributed by atoms with Crippen LogP contribution in [-0.4, -0.2) is 53.4 Å². The Labute approximate surface area is 153 Å². The van der Waals surface area contributed by atoms with Gasteiger partial charge in [0.1, 0.15) is 0 Å². The Balaban J connectivity index is 1.57. The first-order valence-corrected chi connectivity index (χ1v) is 8.86. The molecule has 1 fully saturated rings. The molecule has 2 aromatic carbocycles. The van der Waals surface area contributed by atoms with Crippen molar-refractivity contribution >= 4 is 11.6 Å². The van der Waals surface area contributed by atoms with Gasteiger partial charge in [0.05, 0.1) is 4.92 Å². The molecule has 1 aliphatic rings. The summed E-state index contributed by atoms with van der Waals surface area (Å²) in [6, 6.07) is 15.1. The summed E-state index contributed by atoms with van der Waals surface area (Å²) in [5.74, 6) is -0.117. The van der Waals surface area contributed by atoms with Crippen LogP contribution in [0.2, 0.25) is 0 Å². The summed E-state index contributed by atoms with van der Waals surface area (Å²) >= 11 is 0. The van der Waals surface area contributed by atoms with Gasteiger partial charge in [-0.3, -0.25) is 19.8 Å². The molecule has 136 valence electrons. The van der Waals surface area contributed by atoms with E-state index in [2.05, 4.69) is 17.0 Å². The van der Waals surface area contributed by atoms with Crippen molar-refractivity contribution < 1.29 is 9.72 Å². The van der Waals surface area contributed by atoms with E-state index >= 15 is 0 Å². The number of hydrogen-bond acceptors (Lipinski definition) is 4. The van der Waals surface area contributed by atoms with E-state index in [1.54, 1.807) is 24.0 Å². The van der Waals surface area contributed by atoms with Crippen LogP contribution in [0.4, 0.5) is 5.69 Å². The fraction of sp³-hybridized carbons (Fsp3) is 0.350. The van der Waals surface area contributed by atoms with Gasteiger partial charge in [-0.2, -0.15) is 0 Å². The second-order valence-electron chi connectivity index (χ2n) is 6.58. The van der Waals surface area contributed by atoms with Crippen molar-refractivity contribution in [1.29, 1.82) is 0 Å². The van der Waals surface area contributed by atoms with E-state index in [0.29, 0.717) is 24.2 Å². The Morgan fingerprint density at radius 1 is 1.04 bits per heavy atom. The largest absolute Gasteiger partial charge is 0.336 e. The van der Waals surface area contributed by atoms with Gasteiger partial charge in [-0.15, -0.1) is 0 Å². The van der Waals surface area contributed by atoms with Gasteiger partial charge in [-0.05, 0) is 25.0 Å². The molecule has 3 rings (SSSR count). The highest BCUT2D eigenvalue weighted by atomic mass is 16.6. The minimum Gasteiger partial charge on any atom is -0.336 e. The highest BCUT2D eigenvalue weighted by molar-refractivity contribution is 5.96. The van der Waals surface area contributed by atoms with Gasteiger partial charge in [0.15, 0.2) is 0 Å². The number of nitrogens with zero attached hydrogens (tertiary/aromatic N) is 3. The summed E-state index contributed by atoms with van der Waals surface area (Å²) in [6.45, 7) is 5.56. The molecule has 0 aromatic heterocycles. The molecule has 6 nitrogen and oxygen atoms in total. The molecular weight excluding hydrogens is 330 g/mol. The second-order valence-corrected chi connectivity index (χ2v) is 6.58. The lowest BCUT2D eigenvalue weighted by molar-refractivity contribution is -0.385. The minimum absolute atomic E-state index is 0.00246. The SMILES string of the molecule is Cc1c(C(=O)N2CCN(CCc3ccccc3)CC2)cccc1[N+](=O)[O-]. The molecule has 0 atom stereocenters. The van der Waals surface area contributed by atoms with Crippen molar-refractivity contribution in [2.24, 2.45) is 0 Å². The summed E-state index contributed by atoms with van der Waals surface area (Å²) in [5.41, 5.74) is 2.18. The van der Waals surface area contributed by atoms with Crippen molar-refractivity contribution in [1.82, 2.24) is 9.80 Å². The third kappa shape index (κ3) is 4.08. The lowest BCUT2D eigenvalue weighted by atomic mass is 10.1. The van der Waals surface area contributed by atoms with Crippen molar-refractivity contribution in [2.75, 3.05) is 32.7 Å². The summed E-state index contributed by atoms with van der Waals surface area (Å²) in [6.07, 6.45) is 0.999. The highest BCUT2D eigenvalue weighted by Crippen LogP contribution is 2.22. The molecule has 0 unspecified atom stereocenters. The number of hydrogen-bond donors (Lipinski definition) is 0. The van der Waals surface area contributed by atoms with E-state index < -0.39 is 4.92 Å². The number of nitro benzene ring substituents is 1. The molecule has 1 aliphatic heterocycles. The number of benzene rings is 2. The Morgan fingerprint density at radius 3 is 2.38 bits per heavy atom. The Hall–Kier alpha value is -2.73. The predicted octanol–water partition coefficient (Wildman–Crippen LogP) is 2.90. The lowest BCUT2D eigenvalue weighted by Gasteiger charge is -2.35. The predicted molar refractivity (Wildman–Crippen MR) is 100 cm³/mol. The maximum atomic E-state index is 12.8. The lowest BCUT2D eigenvalue weighted by Crippen LogP contribution is -2.49. The fourth-order valence-electron chi connectivity index (χ4n) is 3.33. The van der Waals surface area contributed by atoms with Gasteiger partial charge in [0.2, 0.25) is 0 Å². The monoisotopic (exact) mass is 353 g/mol. The van der Waals surface area contributed by atoms with E-state index in [1.165, 1.54) is 11.6 Å². The topological polar surface area (TPSA) is 66.7 Å². The Bertz CT molecular complexity index is 784. The standard InChI is InChI=1S/C20H23N3O3/c1-16-18(8-5-9-19(16)23(25)26)20(24)22-14-12-21(13-15-22)11-10-17-6-3-2-4-7-17/h2-9H,10-15H2,1H3. The fourth-order valence-corrected chi connectivity index (χ4v) is 3.33. The zero-order valence-corrected chi connectivity index (χ0v) is 14.9. The average molecular weight is 353 g/mol. The molecule has 1 heterocycles. The molecule has 26 heavy (non-hydrogen) atoms. The first-order valence-electron chi connectivity index (χ1n) is 8.86. The first-order chi connectivity index (χ1) is 12.6. The molecular formula is C20H23N3O3. The van der Waals surface area contributed by atoms with Crippen molar-refractivity contribution in [3.05, 3.63) is 75.3 Å². The third-order valence-electron chi connectivity index (χ3n) is 4.95. The average Bonchev–Trinajstić information content (AvgIpc) is 2.67. The molecule has 0 bridgehead atoms. The van der Waals surface area contributed by atoms with E-state index in [-0.39, 0.29) is 11.6 Å². The Morgan fingerprint density at radius 2 is 1.73 bits per heavy atom. The van der Waals surface area contributed by atoms with Gasteiger partial charge < -0.3 is 4.90 Å². The van der Waals surface area contributed by atoms with Crippen LogP contribution in [0.5, 0.6) is 0 Å². The van der Waals surface area contributed by atoms with Crippen LogP contribution in [0, 0.1) is 17.0 Å². The van der Waals surface area contributed by atoms with Gasteiger partial charge in [-0.1, -0.05) is 36.4 Å². The van der Waals surface area contributed by atoms with Crippen LogP contribution in [0.15, 0.2) is 48.5 Å². The van der Waals surface area contributed by atoms with Crippen LogP contribution in [0.1, 0.15) is 21.5 Å². The summed E-state index contributed by atoms with van der Waals surface area (Å²) in [4.78, 5) is 27.6. The molecule has 0 radical (unpaired) electrons. The maximum absolute atomic E-state index is 12.8. The summed E-state index contributed by atoms with van der Waals surface area (Å²) < 4.78 is 0. The third-order valence-corrected chi connectivity index (χ3v) is 4.95. The number of carbonyl (C=O) groups excluding carboxylic acids is 1. The molecule has 6 heteroatoms. The molecule has 0 aliphatic carbocycles. The van der Waals surface area contributed by atoms with Crippen molar-refractivity contribution in [2.45, 2.75) is 13.3 Å². The summed E-state index contributed by atoms with van der Waals surface area (Å²) in [5, 5.41) is 11.1. The van der Waals surface area contributed by atoms with Crippen LogP contribution in [-0.2, 0) is 6.42 Å². The number of rotatable bonds is 5. The quantitative estimate of drug-likeness (QED) is 0.612. The first kappa shape index (κ1) is 18.1. The van der Waals surface area contributed by atoms with Crippen molar-refractivity contribution in [3.63, 3.8) is 0 Å². The van der Waals surface area contributed by atoms with Gasteiger partial charge >= 0.3 is 0 Å². The van der Waals surface area contributed by atoms with E-state index in [0.717, 1.165) is 26.1 Å². The zero-order chi connectivity index (χ0) is 18.5. The molecule has 1 saturated heterocycles. The molecule has 0 spiro atoms. The van der Waals surface area contributed by atoms with Gasteiger partial charge in [0.25, 0.3) is 11.6 Å². The number of amides is 1. The second kappa shape index (κ2) is 8.10. The Kier molecular flexibility index (Phi) is 5.63. The van der Waals surface area contributed by atoms with Crippen LogP contribution < -0.4 is 0 Å². The number of nitro groups is 1. The van der Waals surface area contributed by atoms with Crippen LogP contribution >= 0.6 is 0 Å². The molecule has 1 amide bonds. The molecule has 0 saturated carbocycles. The molecule has 0 N–H and O–H groups in total. The highest BCUT2D eigenvalue weighted by Gasteiger charge is 2.25. The van der Waals surface area contributed by atoms with Crippen LogP contribution in [0.3, 0.4) is 0 Å². The van der Waals surface area contributed by atoms with Crippen LogP contribution in [0.25, 0.3) is 0 Å². The smallest absolute Gasteiger partial charge is 0.273 e. The molecule has 2 aromatic rings. The summed E-state index contributed by atoms with van der Waals surface area (Å²) in [7, 11) is 0. The van der Waals surface area contributed by atoms with Gasteiger partial charge in [0, 0.05) is 49.9 Å². The number of piperazine rings is 1. The van der Waals surface area contributed by atoms with E-state index in [4.69, 9.17) is 0 Å². The zero-order valence-electron chi connectivity index (χ0n) is 14.9. The number of carbonyl (C=O) groups is 1. The normalized spacial score (nSPS) is 15.0. The minimum atomic E-state index is -0.437. The van der Waals surface area contributed by atoms with E-state index in [9.17, 15) is 14.9 Å². The van der Waals surface area contributed by atoms with Gasteiger partial charge in [-0.25, -0.2) is 0 Å².